The highest BCUT2D eigenvalue weighted by Gasteiger charge is 2.13. The molecule has 118 valence electrons. The van der Waals surface area contributed by atoms with Crippen LogP contribution in [-0.4, -0.2) is 22.2 Å². The van der Waals surface area contributed by atoms with Gasteiger partial charge in [0.15, 0.2) is 5.17 Å². The standard InChI is InChI=1S/C15H13FN4OS2/c1-18-15(17)23-7-11-19-13(21)12-10(6-22-14(12)20-11)8-2-4-9(16)5-3-8/h2-6H,7H2,1H3,(H2,17,18)(H,19,20,21). The second-order valence-corrected chi connectivity index (χ2v) is 6.55. The van der Waals surface area contributed by atoms with Crippen LogP contribution in [0.1, 0.15) is 5.82 Å². The Labute approximate surface area is 139 Å². The molecule has 0 radical (unpaired) electrons. The molecule has 0 saturated carbocycles. The molecule has 0 aliphatic rings. The summed E-state index contributed by atoms with van der Waals surface area (Å²) in [5, 5.41) is 2.82. The lowest BCUT2D eigenvalue weighted by atomic mass is 10.1. The third kappa shape index (κ3) is 3.27. The Morgan fingerprint density at radius 3 is 2.87 bits per heavy atom. The SMILES string of the molecule is CN=C(N)SCc1nc2scc(-c3ccc(F)cc3)c2c(=O)[nH]1. The van der Waals surface area contributed by atoms with Crippen LogP contribution in [0.25, 0.3) is 21.3 Å². The number of hydrogen-bond donors (Lipinski definition) is 2. The summed E-state index contributed by atoms with van der Waals surface area (Å²) in [6, 6.07) is 6.05. The minimum atomic E-state index is -0.310. The molecule has 3 N–H and O–H groups in total. The largest absolute Gasteiger partial charge is 0.379 e. The second kappa shape index (κ2) is 6.51. The zero-order chi connectivity index (χ0) is 16.4. The Kier molecular flexibility index (Phi) is 4.44. The molecule has 0 bridgehead atoms. The van der Waals surface area contributed by atoms with E-state index in [1.165, 1.54) is 35.2 Å². The molecule has 0 atom stereocenters. The Morgan fingerprint density at radius 2 is 2.17 bits per heavy atom. The van der Waals surface area contributed by atoms with Gasteiger partial charge in [0.05, 0.1) is 11.1 Å². The fraction of sp³-hybridized carbons (Fsp3) is 0.133. The van der Waals surface area contributed by atoms with Crippen molar-refractivity contribution < 1.29 is 4.39 Å². The van der Waals surface area contributed by atoms with Crippen LogP contribution < -0.4 is 11.3 Å². The van der Waals surface area contributed by atoms with E-state index in [-0.39, 0.29) is 11.4 Å². The molecule has 8 heteroatoms. The number of aromatic amines is 1. The van der Waals surface area contributed by atoms with Crippen molar-refractivity contribution in [3.05, 3.63) is 51.6 Å². The predicted molar refractivity (Wildman–Crippen MR) is 94.5 cm³/mol. The number of aliphatic imine (C=N–C) groups is 1. The number of halogens is 1. The second-order valence-electron chi connectivity index (χ2n) is 4.70. The van der Waals surface area contributed by atoms with E-state index in [9.17, 15) is 9.18 Å². The molecule has 3 rings (SSSR count). The summed E-state index contributed by atoms with van der Waals surface area (Å²) in [7, 11) is 1.61. The number of rotatable bonds is 3. The lowest BCUT2D eigenvalue weighted by Crippen LogP contribution is -2.12. The van der Waals surface area contributed by atoms with Gasteiger partial charge in [-0.15, -0.1) is 11.3 Å². The highest BCUT2D eigenvalue weighted by molar-refractivity contribution is 8.13. The first kappa shape index (κ1) is 15.7. The third-order valence-electron chi connectivity index (χ3n) is 3.23. The van der Waals surface area contributed by atoms with Crippen molar-refractivity contribution in [3.8, 4) is 11.1 Å². The number of benzene rings is 1. The fourth-order valence-corrected chi connectivity index (χ4v) is 3.63. The van der Waals surface area contributed by atoms with Crippen LogP contribution in [0.4, 0.5) is 4.39 Å². The number of amidine groups is 1. The van der Waals surface area contributed by atoms with Gasteiger partial charge < -0.3 is 10.7 Å². The van der Waals surface area contributed by atoms with Crippen molar-refractivity contribution in [1.82, 2.24) is 9.97 Å². The van der Waals surface area contributed by atoms with Crippen molar-refractivity contribution in [2.24, 2.45) is 10.7 Å². The molecule has 5 nitrogen and oxygen atoms in total. The highest BCUT2D eigenvalue weighted by atomic mass is 32.2. The van der Waals surface area contributed by atoms with Gasteiger partial charge in [-0.1, -0.05) is 23.9 Å². The van der Waals surface area contributed by atoms with Crippen molar-refractivity contribution >= 4 is 38.5 Å². The molecule has 2 aromatic heterocycles. The number of H-pyrrole nitrogens is 1. The molecule has 0 aliphatic heterocycles. The van der Waals surface area contributed by atoms with Crippen molar-refractivity contribution in [2.45, 2.75) is 5.75 Å². The van der Waals surface area contributed by atoms with Crippen LogP contribution in [0.15, 0.2) is 39.4 Å². The van der Waals surface area contributed by atoms with Gasteiger partial charge in [0.25, 0.3) is 5.56 Å². The molecule has 0 saturated heterocycles. The number of thioether (sulfide) groups is 1. The van der Waals surface area contributed by atoms with Crippen molar-refractivity contribution in [1.29, 1.82) is 0 Å². The Balaban J connectivity index is 2.01. The predicted octanol–water partition coefficient (Wildman–Crippen LogP) is 2.97. The lowest BCUT2D eigenvalue weighted by Gasteiger charge is -2.02. The smallest absolute Gasteiger partial charge is 0.260 e. The molecule has 0 aliphatic carbocycles. The van der Waals surface area contributed by atoms with Gasteiger partial charge in [-0.25, -0.2) is 9.37 Å². The molecule has 23 heavy (non-hydrogen) atoms. The zero-order valence-corrected chi connectivity index (χ0v) is 13.8. The number of nitrogens with zero attached hydrogens (tertiary/aromatic N) is 2. The summed E-state index contributed by atoms with van der Waals surface area (Å²) >= 11 is 2.70. The number of nitrogens with two attached hydrogens (primary N) is 1. The quantitative estimate of drug-likeness (QED) is 0.563. The van der Waals surface area contributed by atoms with E-state index in [0.29, 0.717) is 27.0 Å². The minimum absolute atomic E-state index is 0.210. The van der Waals surface area contributed by atoms with Crippen molar-refractivity contribution in [3.63, 3.8) is 0 Å². The van der Waals surface area contributed by atoms with Gasteiger partial charge in [0, 0.05) is 18.0 Å². The van der Waals surface area contributed by atoms with E-state index in [2.05, 4.69) is 15.0 Å². The van der Waals surface area contributed by atoms with Gasteiger partial charge in [0.2, 0.25) is 0 Å². The lowest BCUT2D eigenvalue weighted by molar-refractivity contribution is 0.628. The summed E-state index contributed by atoms with van der Waals surface area (Å²) in [5.41, 5.74) is 6.96. The van der Waals surface area contributed by atoms with E-state index >= 15 is 0 Å². The van der Waals surface area contributed by atoms with Crippen LogP contribution >= 0.6 is 23.1 Å². The first-order chi connectivity index (χ1) is 11.1. The number of nitrogens with one attached hydrogen (secondary N) is 1. The van der Waals surface area contributed by atoms with E-state index in [1.54, 1.807) is 19.2 Å². The van der Waals surface area contributed by atoms with Gasteiger partial charge in [-0.2, -0.15) is 0 Å². The van der Waals surface area contributed by atoms with Crippen LogP contribution in [0.3, 0.4) is 0 Å². The fourth-order valence-electron chi connectivity index (χ4n) is 2.11. The Hall–Kier alpha value is -2.19. The first-order valence-corrected chi connectivity index (χ1v) is 8.56. The molecule has 0 spiro atoms. The molecule has 2 heterocycles. The Morgan fingerprint density at radius 1 is 1.43 bits per heavy atom. The number of fused-ring (bicyclic) bond motifs is 1. The van der Waals surface area contributed by atoms with Gasteiger partial charge in [0.1, 0.15) is 16.5 Å². The molecule has 0 fully saturated rings. The number of thiophene rings is 1. The molecule has 0 unspecified atom stereocenters. The molecular formula is C15H13FN4OS2. The summed E-state index contributed by atoms with van der Waals surface area (Å²) in [6.45, 7) is 0. The number of aromatic nitrogens is 2. The summed E-state index contributed by atoms with van der Waals surface area (Å²) in [4.78, 5) is 24.1. The maximum Gasteiger partial charge on any atom is 0.260 e. The van der Waals surface area contributed by atoms with Crippen LogP contribution in [-0.2, 0) is 5.75 Å². The van der Waals surface area contributed by atoms with Crippen LogP contribution in [0.2, 0.25) is 0 Å². The third-order valence-corrected chi connectivity index (χ3v) is 4.99. The maximum atomic E-state index is 13.1. The minimum Gasteiger partial charge on any atom is -0.379 e. The van der Waals surface area contributed by atoms with E-state index in [1.807, 2.05) is 5.38 Å². The molecule has 1 aromatic carbocycles. The highest BCUT2D eigenvalue weighted by Crippen LogP contribution is 2.30. The van der Waals surface area contributed by atoms with E-state index in [4.69, 9.17) is 5.73 Å². The monoisotopic (exact) mass is 348 g/mol. The van der Waals surface area contributed by atoms with E-state index < -0.39 is 0 Å². The molecular weight excluding hydrogens is 335 g/mol. The summed E-state index contributed by atoms with van der Waals surface area (Å²) < 4.78 is 13.1. The first-order valence-electron chi connectivity index (χ1n) is 6.70. The topological polar surface area (TPSA) is 84.1 Å². The van der Waals surface area contributed by atoms with Crippen LogP contribution in [0.5, 0.6) is 0 Å². The average molecular weight is 348 g/mol. The van der Waals surface area contributed by atoms with Crippen molar-refractivity contribution in [2.75, 3.05) is 7.05 Å². The van der Waals surface area contributed by atoms with Gasteiger partial charge in [-0.3, -0.25) is 9.79 Å². The maximum absolute atomic E-state index is 13.1. The molecule has 3 aromatic rings. The van der Waals surface area contributed by atoms with Gasteiger partial charge in [-0.05, 0) is 17.7 Å². The Bertz CT molecular complexity index is 931. The normalized spacial score (nSPS) is 12.0. The summed E-state index contributed by atoms with van der Waals surface area (Å²) in [5.74, 6) is 0.680. The van der Waals surface area contributed by atoms with Crippen LogP contribution in [0, 0.1) is 5.82 Å². The number of hydrogen-bond acceptors (Lipinski definition) is 5. The summed E-state index contributed by atoms with van der Waals surface area (Å²) in [6.07, 6.45) is 0. The van der Waals surface area contributed by atoms with Gasteiger partial charge >= 0.3 is 0 Å². The molecule has 0 amide bonds. The van der Waals surface area contributed by atoms with E-state index in [0.717, 1.165) is 11.1 Å². The zero-order valence-electron chi connectivity index (χ0n) is 12.2. The average Bonchev–Trinajstić information content (AvgIpc) is 2.98.